The third kappa shape index (κ3) is 4.70. The van der Waals surface area contributed by atoms with E-state index in [9.17, 15) is 4.39 Å². The number of aryl methyl sites for hydroxylation is 1. The van der Waals surface area contributed by atoms with Gasteiger partial charge in [-0.05, 0) is 57.5 Å². The van der Waals surface area contributed by atoms with E-state index >= 15 is 0 Å². The molecule has 1 heterocycles. The van der Waals surface area contributed by atoms with E-state index in [1.54, 1.807) is 19.1 Å². The quantitative estimate of drug-likeness (QED) is 0.648. The van der Waals surface area contributed by atoms with Crippen molar-refractivity contribution >= 4 is 5.96 Å². The normalized spacial score (nSPS) is 19.5. The number of nitrogens with one attached hydrogen (secondary N) is 2. The highest BCUT2D eigenvalue weighted by atomic mass is 19.1. The van der Waals surface area contributed by atoms with Crippen LogP contribution in [0, 0.1) is 12.7 Å². The Labute approximate surface area is 132 Å². The molecule has 0 saturated carbocycles. The van der Waals surface area contributed by atoms with E-state index in [4.69, 9.17) is 0 Å². The number of halogens is 1. The van der Waals surface area contributed by atoms with Gasteiger partial charge in [-0.1, -0.05) is 12.1 Å². The number of nitrogens with zero attached hydrogens (tertiary/aromatic N) is 2. The average Bonchev–Trinajstić information content (AvgIpc) is 2.91. The summed E-state index contributed by atoms with van der Waals surface area (Å²) in [5, 5.41) is 6.64. The Morgan fingerprint density at radius 2 is 2.23 bits per heavy atom. The Morgan fingerprint density at radius 3 is 2.86 bits per heavy atom. The van der Waals surface area contributed by atoms with Crippen LogP contribution in [-0.2, 0) is 6.54 Å². The maximum atomic E-state index is 13.6. The van der Waals surface area contributed by atoms with E-state index in [-0.39, 0.29) is 5.82 Å². The summed E-state index contributed by atoms with van der Waals surface area (Å²) in [6.07, 6.45) is 2.49. The summed E-state index contributed by atoms with van der Waals surface area (Å²) in [7, 11) is 2.17. The number of likely N-dealkylation sites (tertiary alicyclic amines) is 1. The summed E-state index contributed by atoms with van der Waals surface area (Å²) in [5.74, 6) is 0.627. The molecule has 4 nitrogen and oxygen atoms in total. The van der Waals surface area contributed by atoms with Crippen LogP contribution in [0.15, 0.2) is 23.2 Å². The van der Waals surface area contributed by atoms with Crippen LogP contribution < -0.4 is 10.6 Å². The van der Waals surface area contributed by atoms with Gasteiger partial charge in [0.25, 0.3) is 0 Å². The van der Waals surface area contributed by atoms with Gasteiger partial charge in [-0.2, -0.15) is 0 Å². The van der Waals surface area contributed by atoms with Gasteiger partial charge in [-0.25, -0.2) is 9.38 Å². The van der Waals surface area contributed by atoms with Crippen LogP contribution >= 0.6 is 0 Å². The zero-order chi connectivity index (χ0) is 15.9. The van der Waals surface area contributed by atoms with Gasteiger partial charge in [0, 0.05) is 19.1 Å². The van der Waals surface area contributed by atoms with Crippen molar-refractivity contribution in [1.82, 2.24) is 15.5 Å². The zero-order valence-corrected chi connectivity index (χ0v) is 13.8. The molecule has 2 rings (SSSR count). The van der Waals surface area contributed by atoms with Gasteiger partial charge in [-0.3, -0.25) is 0 Å². The van der Waals surface area contributed by atoms with Crippen molar-refractivity contribution in [3.63, 3.8) is 0 Å². The lowest BCUT2D eigenvalue weighted by atomic mass is 10.1. The van der Waals surface area contributed by atoms with Crippen molar-refractivity contribution in [3.05, 3.63) is 35.1 Å². The minimum Gasteiger partial charge on any atom is -0.357 e. The zero-order valence-electron chi connectivity index (χ0n) is 13.8. The first-order valence-corrected chi connectivity index (χ1v) is 8.07. The van der Waals surface area contributed by atoms with Crippen LogP contribution in [0.4, 0.5) is 4.39 Å². The highest BCUT2D eigenvalue weighted by molar-refractivity contribution is 5.79. The topological polar surface area (TPSA) is 39.7 Å². The molecule has 22 heavy (non-hydrogen) atoms. The van der Waals surface area contributed by atoms with E-state index in [2.05, 4.69) is 27.6 Å². The molecular weight excluding hydrogens is 279 g/mol. The van der Waals surface area contributed by atoms with Crippen LogP contribution in [-0.4, -0.2) is 43.6 Å². The molecular formula is C17H27FN4. The molecule has 2 N–H and O–H groups in total. The second-order valence-corrected chi connectivity index (χ2v) is 5.94. The molecule has 0 bridgehead atoms. The molecule has 5 heteroatoms. The summed E-state index contributed by atoms with van der Waals surface area (Å²) in [4.78, 5) is 6.93. The highest BCUT2D eigenvalue weighted by Gasteiger charge is 2.20. The lowest BCUT2D eigenvalue weighted by Crippen LogP contribution is -2.44. The maximum Gasteiger partial charge on any atom is 0.191 e. The first-order chi connectivity index (χ1) is 10.6. The summed E-state index contributed by atoms with van der Waals surface area (Å²) >= 11 is 0. The van der Waals surface area contributed by atoms with Crippen molar-refractivity contribution in [3.8, 4) is 0 Å². The van der Waals surface area contributed by atoms with Gasteiger partial charge in [0.1, 0.15) is 5.82 Å². The molecule has 0 amide bonds. The predicted molar refractivity (Wildman–Crippen MR) is 89.6 cm³/mol. The van der Waals surface area contributed by atoms with Crippen molar-refractivity contribution in [2.75, 3.05) is 26.7 Å². The average molecular weight is 306 g/mol. The van der Waals surface area contributed by atoms with Gasteiger partial charge in [-0.15, -0.1) is 0 Å². The second kappa shape index (κ2) is 8.13. The molecule has 0 aliphatic carbocycles. The number of benzene rings is 1. The van der Waals surface area contributed by atoms with Gasteiger partial charge in [0.2, 0.25) is 0 Å². The van der Waals surface area contributed by atoms with Crippen molar-refractivity contribution in [2.45, 2.75) is 39.3 Å². The minimum absolute atomic E-state index is 0.168. The lowest BCUT2D eigenvalue weighted by molar-refractivity contribution is 0.309. The molecule has 1 aliphatic heterocycles. The number of aliphatic imine (C=N–C) groups is 1. The second-order valence-electron chi connectivity index (χ2n) is 5.94. The smallest absolute Gasteiger partial charge is 0.191 e. The fraction of sp³-hybridized carbons (Fsp3) is 0.588. The van der Waals surface area contributed by atoms with Crippen LogP contribution in [0.2, 0.25) is 0 Å². The Hall–Kier alpha value is -1.62. The van der Waals surface area contributed by atoms with Crippen LogP contribution in [0.1, 0.15) is 30.9 Å². The van der Waals surface area contributed by atoms with E-state index in [0.717, 1.165) is 24.6 Å². The fourth-order valence-corrected chi connectivity index (χ4v) is 2.70. The largest absolute Gasteiger partial charge is 0.357 e. The van der Waals surface area contributed by atoms with Gasteiger partial charge < -0.3 is 15.5 Å². The summed E-state index contributed by atoms with van der Waals surface area (Å²) in [5.41, 5.74) is 1.56. The predicted octanol–water partition coefficient (Wildman–Crippen LogP) is 2.28. The third-order valence-corrected chi connectivity index (χ3v) is 4.18. The Kier molecular flexibility index (Phi) is 6.19. The number of hydrogen-bond acceptors (Lipinski definition) is 2. The SMILES string of the molecule is CCNC(=NCc1ccc(C)c(F)c1)NCC1CCCN1C. The van der Waals surface area contributed by atoms with Gasteiger partial charge >= 0.3 is 0 Å². The van der Waals surface area contributed by atoms with E-state index < -0.39 is 0 Å². The molecule has 1 atom stereocenters. The molecule has 1 aromatic carbocycles. The van der Waals surface area contributed by atoms with E-state index in [1.807, 2.05) is 13.0 Å². The standard InChI is InChI=1S/C17H27FN4/c1-4-19-17(21-12-15-6-5-9-22(15)3)20-11-14-8-7-13(2)16(18)10-14/h7-8,10,15H,4-6,9,11-12H2,1-3H3,(H2,19,20,21). The molecule has 0 radical (unpaired) electrons. The molecule has 0 aromatic heterocycles. The third-order valence-electron chi connectivity index (χ3n) is 4.18. The molecule has 1 saturated heterocycles. The molecule has 1 aliphatic rings. The summed E-state index contributed by atoms with van der Waals surface area (Å²) in [6, 6.07) is 5.86. The Bertz CT molecular complexity index is 515. The number of likely N-dealkylation sites (N-methyl/N-ethyl adjacent to an activating group) is 1. The summed E-state index contributed by atoms with van der Waals surface area (Å²) < 4.78 is 13.6. The van der Waals surface area contributed by atoms with E-state index in [0.29, 0.717) is 18.2 Å². The number of hydrogen-bond donors (Lipinski definition) is 2. The first-order valence-electron chi connectivity index (χ1n) is 8.07. The number of rotatable bonds is 5. The van der Waals surface area contributed by atoms with E-state index in [1.165, 1.54) is 19.4 Å². The maximum absolute atomic E-state index is 13.6. The molecule has 0 spiro atoms. The van der Waals surface area contributed by atoms with Gasteiger partial charge in [0.05, 0.1) is 6.54 Å². The van der Waals surface area contributed by atoms with Gasteiger partial charge in [0.15, 0.2) is 5.96 Å². The molecule has 122 valence electrons. The monoisotopic (exact) mass is 306 g/mol. The van der Waals surface area contributed by atoms with Crippen LogP contribution in [0.3, 0.4) is 0 Å². The van der Waals surface area contributed by atoms with Crippen molar-refractivity contribution < 1.29 is 4.39 Å². The molecule has 1 aromatic rings. The number of guanidine groups is 1. The lowest BCUT2D eigenvalue weighted by Gasteiger charge is -2.21. The van der Waals surface area contributed by atoms with Crippen molar-refractivity contribution in [2.24, 2.45) is 4.99 Å². The van der Waals surface area contributed by atoms with Crippen LogP contribution in [0.25, 0.3) is 0 Å². The fourth-order valence-electron chi connectivity index (χ4n) is 2.70. The first kappa shape index (κ1) is 16.7. The molecule has 1 unspecified atom stereocenters. The summed E-state index contributed by atoms with van der Waals surface area (Å²) in [6.45, 7) is 7.17. The molecule has 1 fully saturated rings. The van der Waals surface area contributed by atoms with Crippen molar-refractivity contribution in [1.29, 1.82) is 0 Å². The van der Waals surface area contributed by atoms with Crippen LogP contribution in [0.5, 0.6) is 0 Å². The Morgan fingerprint density at radius 1 is 1.41 bits per heavy atom. The Balaban J connectivity index is 1.92. The highest BCUT2D eigenvalue weighted by Crippen LogP contribution is 2.13. The minimum atomic E-state index is -0.168.